The first kappa shape index (κ1) is 18.5. The summed E-state index contributed by atoms with van der Waals surface area (Å²) in [7, 11) is 1.76. The minimum atomic E-state index is -0.443. The van der Waals surface area contributed by atoms with E-state index in [1.54, 1.807) is 45.9 Å². The van der Waals surface area contributed by atoms with Crippen molar-refractivity contribution in [1.82, 2.24) is 19.6 Å². The lowest BCUT2D eigenvalue weighted by atomic mass is 9.90. The van der Waals surface area contributed by atoms with E-state index >= 15 is 0 Å². The van der Waals surface area contributed by atoms with Crippen LogP contribution in [0.3, 0.4) is 0 Å². The molecule has 4 heterocycles. The van der Waals surface area contributed by atoms with Crippen molar-refractivity contribution < 1.29 is 18.8 Å². The highest BCUT2D eigenvalue weighted by Crippen LogP contribution is 2.26. The van der Waals surface area contributed by atoms with Crippen molar-refractivity contribution in [2.24, 2.45) is 13.0 Å². The Hall–Kier alpha value is -2.90. The van der Waals surface area contributed by atoms with E-state index in [-0.39, 0.29) is 29.3 Å². The first-order valence-corrected chi connectivity index (χ1v) is 9.71. The van der Waals surface area contributed by atoms with Gasteiger partial charge in [0.2, 0.25) is 5.91 Å². The van der Waals surface area contributed by atoms with Gasteiger partial charge < -0.3 is 14.2 Å². The number of carbonyl (C=O) groups excluding carboxylic acids is 3. The Balaban J connectivity index is 1.38. The van der Waals surface area contributed by atoms with E-state index in [1.165, 1.54) is 6.26 Å². The molecule has 2 amide bonds. The normalized spacial score (nSPS) is 20.5. The van der Waals surface area contributed by atoms with Crippen LogP contribution in [0.15, 0.2) is 35.1 Å². The molecule has 0 spiro atoms. The summed E-state index contributed by atoms with van der Waals surface area (Å²) in [5.74, 6) is -0.00221. The van der Waals surface area contributed by atoms with Gasteiger partial charge in [0, 0.05) is 38.8 Å². The fourth-order valence-electron chi connectivity index (χ4n) is 4.21. The van der Waals surface area contributed by atoms with Crippen LogP contribution in [-0.2, 0) is 11.8 Å². The Morgan fingerprint density at radius 3 is 2.54 bits per heavy atom. The van der Waals surface area contributed by atoms with Gasteiger partial charge >= 0.3 is 0 Å². The molecule has 8 nitrogen and oxygen atoms in total. The van der Waals surface area contributed by atoms with Gasteiger partial charge in [-0.05, 0) is 43.9 Å². The number of carbonyl (C=O) groups is 3. The lowest BCUT2D eigenvalue weighted by molar-refractivity contribution is -0.136. The van der Waals surface area contributed by atoms with Gasteiger partial charge in [0.25, 0.3) is 5.91 Å². The highest BCUT2D eigenvalue weighted by atomic mass is 16.3. The Bertz CT molecular complexity index is 865. The first-order valence-electron chi connectivity index (χ1n) is 9.71. The molecule has 1 unspecified atom stereocenters. The summed E-state index contributed by atoms with van der Waals surface area (Å²) in [5, 5.41) is 4.06. The lowest BCUT2D eigenvalue weighted by Gasteiger charge is -2.35. The summed E-state index contributed by atoms with van der Waals surface area (Å²) in [4.78, 5) is 41.7. The van der Waals surface area contributed by atoms with Crippen LogP contribution < -0.4 is 0 Å². The number of Topliss-reactive ketones (excluding diaryl/α,β-unsaturated/α-hetero) is 1. The third-order valence-electron chi connectivity index (χ3n) is 5.78. The Labute approximate surface area is 163 Å². The molecule has 2 aliphatic rings. The SMILES string of the molecule is Cn1nccc1C(=O)C1CCN(C(=O)C2CCCN2C(=O)c2ccco2)CC1. The summed E-state index contributed by atoms with van der Waals surface area (Å²) in [6.45, 7) is 1.63. The molecule has 0 aliphatic carbocycles. The van der Waals surface area contributed by atoms with E-state index in [2.05, 4.69) is 5.10 Å². The summed E-state index contributed by atoms with van der Waals surface area (Å²) in [6, 6.07) is 4.58. The van der Waals surface area contributed by atoms with Gasteiger partial charge in [-0.2, -0.15) is 5.10 Å². The molecule has 0 N–H and O–H groups in total. The average molecular weight is 384 g/mol. The highest BCUT2D eigenvalue weighted by molar-refractivity contribution is 5.97. The molecule has 148 valence electrons. The monoisotopic (exact) mass is 384 g/mol. The van der Waals surface area contributed by atoms with Crippen LogP contribution in [0.4, 0.5) is 0 Å². The van der Waals surface area contributed by atoms with Crippen molar-refractivity contribution >= 4 is 17.6 Å². The van der Waals surface area contributed by atoms with Gasteiger partial charge in [-0.1, -0.05) is 0 Å². The maximum atomic E-state index is 13.0. The second kappa shape index (κ2) is 7.61. The van der Waals surface area contributed by atoms with Crippen LogP contribution in [-0.4, -0.2) is 62.9 Å². The summed E-state index contributed by atoms with van der Waals surface area (Å²) < 4.78 is 6.80. The van der Waals surface area contributed by atoms with Crippen molar-refractivity contribution in [3.63, 3.8) is 0 Å². The van der Waals surface area contributed by atoms with Crippen molar-refractivity contribution in [1.29, 1.82) is 0 Å². The summed E-state index contributed by atoms with van der Waals surface area (Å²) in [5.41, 5.74) is 0.607. The predicted octanol–water partition coefficient (Wildman–Crippen LogP) is 1.74. The topological polar surface area (TPSA) is 88.7 Å². The van der Waals surface area contributed by atoms with Crippen molar-refractivity contribution in [3.05, 3.63) is 42.1 Å². The molecule has 2 aromatic heterocycles. The molecular formula is C20H24N4O4. The molecule has 28 heavy (non-hydrogen) atoms. The van der Waals surface area contributed by atoms with Crippen LogP contribution in [0.25, 0.3) is 0 Å². The fourth-order valence-corrected chi connectivity index (χ4v) is 4.21. The third-order valence-corrected chi connectivity index (χ3v) is 5.78. The number of rotatable bonds is 4. The predicted molar refractivity (Wildman–Crippen MR) is 99.6 cm³/mol. The summed E-state index contributed by atoms with van der Waals surface area (Å²) in [6.07, 6.45) is 5.82. The maximum Gasteiger partial charge on any atom is 0.290 e. The second-order valence-electron chi connectivity index (χ2n) is 7.44. The number of piperidine rings is 1. The first-order chi connectivity index (χ1) is 13.6. The van der Waals surface area contributed by atoms with Crippen molar-refractivity contribution in [3.8, 4) is 0 Å². The maximum absolute atomic E-state index is 13.0. The van der Waals surface area contributed by atoms with Gasteiger partial charge in [-0.3, -0.25) is 19.1 Å². The zero-order valence-electron chi connectivity index (χ0n) is 15.9. The molecular weight excluding hydrogens is 360 g/mol. The van der Waals surface area contributed by atoms with Gasteiger partial charge in [0.1, 0.15) is 11.7 Å². The molecule has 0 aromatic carbocycles. The van der Waals surface area contributed by atoms with E-state index in [0.717, 1.165) is 6.42 Å². The van der Waals surface area contributed by atoms with Crippen molar-refractivity contribution in [2.45, 2.75) is 31.7 Å². The number of ketones is 1. The Morgan fingerprint density at radius 2 is 1.89 bits per heavy atom. The van der Waals surface area contributed by atoms with E-state index in [1.807, 2.05) is 0 Å². The van der Waals surface area contributed by atoms with Gasteiger partial charge in [-0.25, -0.2) is 0 Å². The minimum Gasteiger partial charge on any atom is -0.459 e. The Kier molecular flexibility index (Phi) is 5.02. The van der Waals surface area contributed by atoms with Gasteiger partial charge in [0.15, 0.2) is 11.5 Å². The smallest absolute Gasteiger partial charge is 0.290 e. The average Bonchev–Trinajstić information content (AvgIpc) is 3.47. The molecule has 0 bridgehead atoms. The van der Waals surface area contributed by atoms with E-state index in [4.69, 9.17) is 4.42 Å². The van der Waals surface area contributed by atoms with E-state index in [9.17, 15) is 14.4 Å². The van der Waals surface area contributed by atoms with Gasteiger partial charge in [-0.15, -0.1) is 0 Å². The van der Waals surface area contributed by atoms with Crippen LogP contribution in [0.1, 0.15) is 46.7 Å². The molecule has 8 heteroatoms. The van der Waals surface area contributed by atoms with Crippen LogP contribution in [0, 0.1) is 5.92 Å². The number of amides is 2. The minimum absolute atomic E-state index is 0.0242. The fraction of sp³-hybridized carbons (Fsp3) is 0.500. The molecule has 0 radical (unpaired) electrons. The molecule has 2 aliphatic heterocycles. The zero-order valence-corrected chi connectivity index (χ0v) is 15.9. The highest BCUT2D eigenvalue weighted by Gasteiger charge is 2.39. The second-order valence-corrected chi connectivity index (χ2v) is 7.44. The molecule has 2 fully saturated rings. The number of hydrogen-bond acceptors (Lipinski definition) is 5. The van der Waals surface area contributed by atoms with Gasteiger partial charge in [0.05, 0.1) is 6.26 Å². The Morgan fingerprint density at radius 1 is 1.11 bits per heavy atom. The van der Waals surface area contributed by atoms with Crippen molar-refractivity contribution in [2.75, 3.05) is 19.6 Å². The molecule has 2 aromatic rings. The van der Waals surface area contributed by atoms with E-state index in [0.29, 0.717) is 44.6 Å². The molecule has 2 saturated heterocycles. The lowest BCUT2D eigenvalue weighted by Crippen LogP contribution is -2.50. The number of likely N-dealkylation sites (tertiary alicyclic amines) is 2. The quantitative estimate of drug-likeness (QED) is 0.749. The number of aromatic nitrogens is 2. The van der Waals surface area contributed by atoms with Crippen LogP contribution in [0.5, 0.6) is 0 Å². The number of furan rings is 1. The summed E-state index contributed by atoms with van der Waals surface area (Å²) >= 11 is 0. The number of hydrogen-bond donors (Lipinski definition) is 0. The largest absolute Gasteiger partial charge is 0.459 e. The molecule has 0 saturated carbocycles. The number of aryl methyl sites for hydroxylation is 1. The van der Waals surface area contributed by atoms with E-state index < -0.39 is 6.04 Å². The zero-order chi connectivity index (χ0) is 19.7. The van der Waals surface area contributed by atoms with Crippen LogP contribution in [0.2, 0.25) is 0 Å². The third kappa shape index (κ3) is 3.34. The standard InChI is InChI=1S/C20H24N4O4/c1-22-15(6-9-21-22)18(25)14-7-11-23(12-8-14)19(26)16-4-2-10-24(16)20(27)17-5-3-13-28-17/h3,5-6,9,13-14,16H,2,4,7-8,10-12H2,1H3. The van der Waals surface area contributed by atoms with Crippen LogP contribution >= 0.6 is 0 Å². The number of nitrogens with zero attached hydrogens (tertiary/aromatic N) is 4. The molecule has 4 rings (SSSR count). The molecule has 1 atom stereocenters.